The fraction of sp³-hybridized carbons (Fsp3) is 0.812. The maximum atomic E-state index is 12.3. The molecule has 0 atom stereocenters. The number of hydrogen-bond acceptors (Lipinski definition) is 4. The van der Waals surface area contributed by atoms with Crippen molar-refractivity contribution in [2.24, 2.45) is 7.05 Å². The molecule has 0 bridgehead atoms. The smallest absolute Gasteiger partial charge is 0.217 e. The third-order valence-corrected chi connectivity index (χ3v) is 7.86. The lowest BCUT2D eigenvalue weighted by atomic mass is 9.95. The van der Waals surface area contributed by atoms with Crippen molar-refractivity contribution in [3.05, 3.63) is 17.0 Å². The second-order valence-electron chi connectivity index (χ2n) is 7.12. The van der Waals surface area contributed by atoms with Gasteiger partial charge in [-0.2, -0.15) is 9.40 Å². The predicted molar refractivity (Wildman–Crippen MR) is 88.6 cm³/mol. The zero-order valence-electron chi connectivity index (χ0n) is 13.9. The van der Waals surface area contributed by atoms with Crippen LogP contribution in [0.25, 0.3) is 0 Å². The van der Waals surface area contributed by atoms with Crippen LogP contribution in [0.3, 0.4) is 0 Å². The summed E-state index contributed by atoms with van der Waals surface area (Å²) in [6.45, 7) is 3.83. The molecule has 2 aliphatic carbocycles. The molecule has 4 rings (SSSR count). The number of piperazine rings is 1. The molecule has 1 aromatic rings. The SMILES string of the molecule is Cn1nc2c(c1CN1CCN(S(=O)(=O)C3CC3)CC1)CCCC2. The van der Waals surface area contributed by atoms with Gasteiger partial charge in [0.15, 0.2) is 0 Å². The second-order valence-corrected chi connectivity index (χ2v) is 9.34. The average molecular weight is 338 g/mol. The highest BCUT2D eigenvalue weighted by Gasteiger charge is 2.41. The van der Waals surface area contributed by atoms with Gasteiger partial charge in [-0.15, -0.1) is 0 Å². The van der Waals surface area contributed by atoms with E-state index in [1.807, 2.05) is 11.7 Å². The lowest BCUT2D eigenvalue weighted by Gasteiger charge is -2.34. The number of hydrogen-bond donors (Lipinski definition) is 0. The highest BCUT2D eigenvalue weighted by atomic mass is 32.2. The van der Waals surface area contributed by atoms with Gasteiger partial charge in [0.25, 0.3) is 0 Å². The summed E-state index contributed by atoms with van der Waals surface area (Å²) in [5.41, 5.74) is 4.06. The lowest BCUT2D eigenvalue weighted by Crippen LogP contribution is -2.49. The first kappa shape index (κ1) is 15.6. The molecule has 0 aromatic carbocycles. The van der Waals surface area contributed by atoms with Crippen molar-refractivity contribution >= 4 is 10.0 Å². The summed E-state index contributed by atoms with van der Waals surface area (Å²) in [6, 6.07) is 0. The fourth-order valence-corrected chi connectivity index (χ4v) is 5.70. The molecule has 0 N–H and O–H groups in total. The molecule has 1 aromatic heterocycles. The minimum Gasteiger partial charge on any atom is -0.295 e. The van der Waals surface area contributed by atoms with Crippen LogP contribution in [0, 0.1) is 0 Å². The van der Waals surface area contributed by atoms with Crippen LogP contribution >= 0.6 is 0 Å². The molecule has 7 heteroatoms. The molecular weight excluding hydrogens is 312 g/mol. The summed E-state index contributed by atoms with van der Waals surface area (Å²) >= 11 is 0. The van der Waals surface area contributed by atoms with E-state index in [2.05, 4.69) is 10.00 Å². The van der Waals surface area contributed by atoms with Crippen LogP contribution in [-0.4, -0.2) is 58.8 Å². The van der Waals surface area contributed by atoms with Crippen molar-refractivity contribution < 1.29 is 8.42 Å². The van der Waals surface area contributed by atoms with Gasteiger partial charge in [0.1, 0.15) is 0 Å². The van der Waals surface area contributed by atoms with Gasteiger partial charge in [-0.1, -0.05) is 0 Å². The Morgan fingerprint density at radius 2 is 1.78 bits per heavy atom. The van der Waals surface area contributed by atoms with Gasteiger partial charge < -0.3 is 0 Å². The maximum absolute atomic E-state index is 12.3. The normalized spacial score (nSPS) is 23.9. The Labute approximate surface area is 138 Å². The number of aryl methyl sites for hydroxylation is 2. The van der Waals surface area contributed by atoms with Crippen LogP contribution in [0.2, 0.25) is 0 Å². The van der Waals surface area contributed by atoms with Crippen LogP contribution in [-0.2, 0) is 36.5 Å². The molecule has 23 heavy (non-hydrogen) atoms. The summed E-state index contributed by atoms with van der Waals surface area (Å²) in [4.78, 5) is 2.38. The van der Waals surface area contributed by atoms with Gasteiger partial charge in [-0.05, 0) is 44.1 Å². The van der Waals surface area contributed by atoms with E-state index in [9.17, 15) is 8.42 Å². The number of fused-ring (bicyclic) bond motifs is 1. The molecule has 6 nitrogen and oxygen atoms in total. The van der Waals surface area contributed by atoms with Gasteiger partial charge in [-0.3, -0.25) is 9.58 Å². The minimum absolute atomic E-state index is 0.0851. The lowest BCUT2D eigenvalue weighted by molar-refractivity contribution is 0.177. The summed E-state index contributed by atoms with van der Waals surface area (Å²) < 4.78 is 28.4. The van der Waals surface area contributed by atoms with Crippen molar-refractivity contribution in [2.75, 3.05) is 26.2 Å². The Hall–Kier alpha value is -0.920. The van der Waals surface area contributed by atoms with Crippen molar-refractivity contribution in [3.8, 4) is 0 Å². The Morgan fingerprint density at radius 1 is 1.09 bits per heavy atom. The Morgan fingerprint density at radius 3 is 2.48 bits per heavy atom. The molecule has 2 heterocycles. The fourth-order valence-electron chi connectivity index (χ4n) is 3.88. The summed E-state index contributed by atoms with van der Waals surface area (Å²) in [6.07, 6.45) is 6.47. The zero-order valence-corrected chi connectivity index (χ0v) is 14.7. The summed E-state index contributed by atoms with van der Waals surface area (Å²) in [5.74, 6) is 0. The summed E-state index contributed by atoms with van der Waals surface area (Å²) in [7, 11) is -0.965. The van der Waals surface area contributed by atoms with Crippen LogP contribution in [0.4, 0.5) is 0 Å². The van der Waals surface area contributed by atoms with Gasteiger partial charge in [0.05, 0.1) is 16.6 Å². The molecule has 0 amide bonds. The molecule has 0 unspecified atom stereocenters. The summed E-state index contributed by atoms with van der Waals surface area (Å²) in [5, 5.41) is 4.60. The molecule has 128 valence electrons. The first-order valence-corrected chi connectivity index (χ1v) is 10.3. The van der Waals surface area contributed by atoms with E-state index in [-0.39, 0.29) is 5.25 Å². The van der Waals surface area contributed by atoms with Crippen molar-refractivity contribution in [2.45, 2.75) is 50.3 Å². The number of nitrogens with zero attached hydrogens (tertiary/aromatic N) is 4. The van der Waals surface area contributed by atoms with E-state index >= 15 is 0 Å². The zero-order chi connectivity index (χ0) is 16.0. The topological polar surface area (TPSA) is 58.4 Å². The Bertz CT molecular complexity index is 685. The van der Waals surface area contributed by atoms with E-state index in [0.29, 0.717) is 13.1 Å². The van der Waals surface area contributed by atoms with Crippen LogP contribution < -0.4 is 0 Å². The van der Waals surface area contributed by atoms with Crippen LogP contribution in [0.15, 0.2) is 0 Å². The minimum atomic E-state index is -3.01. The standard InChI is InChI=1S/C16H26N4O2S/c1-18-16(14-4-2-3-5-15(14)17-18)12-19-8-10-20(11-9-19)23(21,22)13-6-7-13/h13H,2-12H2,1H3. The van der Waals surface area contributed by atoms with E-state index < -0.39 is 10.0 Å². The first-order chi connectivity index (χ1) is 11.1. The molecule has 0 radical (unpaired) electrons. The van der Waals surface area contributed by atoms with Gasteiger partial charge >= 0.3 is 0 Å². The van der Waals surface area contributed by atoms with Gasteiger partial charge in [0.2, 0.25) is 10.0 Å². The van der Waals surface area contributed by atoms with Gasteiger partial charge in [0, 0.05) is 39.8 Å². The maximum Gasteiger partial charge on any atom is 0.217 e. The third kappa shape index (κ3) is 2.94. The molecule has 1 saturated heterocycles. The van der Waals surface area contributed by atoms with Crippen molar-refractivity contribution in [1.82, 2.24) is 19.0 Å². The third-order valence-electron chi connectivity index (χ3n) is 5.46. The number of sulfonamides is 1. The van der Waals surface area contributed by atoms with Crippen molar-refractivity contribution in [3.63, 3.8) is 0 Å². The molecular formula is C16H26N4O2S. The highest BCUT2D eigenvalue weighted by molar-refractivity contribution is 7.90. The molecule has 3 aliphatic rings. The number of rotatable bonds is 4. The Kier molecular flexibility index (Phi) is 3.98. The van der Waals surface area contributed by atoms with E-state index in [1.165, 1.54) is 29.8 Å². The monoisotopic (exact) mass is 338 g/mol. The molecule has 2 fully saturated rings. The van der Waals surface area contributed by atoms with E-state index in [0.717, 1.165) is 45.3 Å². The van der Waals surface area contributed by atoms with E-state index in [1.54, 1.807) is 4.31 Å². The van der Waals surface area contributed by atoms with Crippen LogP contribution in [0.1, 0.15) is 42.6 Å². The first-order valence-electron chi connectivity index (χ1n) is 8.80. The predicted octanol–water partition coefficient (Wildman–Crippen LogP) is 0.909. The molecule has 1 aliphatic heterocycles. The highest BCUT2D eigenvalue weighted by Crippen LogP contribution is 2.31. The van der Waals surface area contributed by atoms with E-state index in [4.69, 9.17) is 0 Å². The molecule has 0 spiro atoms. The van der Waals surface area contributed by atoms with Crippen molar-refractivity contribution in [1.29, 1.82) is 0 Å². The average Bonchev–Trinajstić information content (AvgIpc) is 3.35. The molecule has 1 saturated carbocycles. The Balaban J connectivity index is 1.41. The number of aromatic nitrogens is 2. The van der Waals surface area contributed by atoms with Crippen LogP contribution in [0.5, 0.6) is 0 Å². The second kappa shape index (κ2) is 5.86. The quantitative estimate of drug-likeness (QED) is 0.819. The van der Waals surface area contributed by atoms with Gasteiger partial charge in [-0.25, -0.2) is 8.42 Å². The largest absolute Gasteiger partial charge is 0.295 e.